The Kier molecular flexibility index (Phi) is 5.25. The Bertz CT molecular complexity index is 1170. The molecule has 1 amide bonds. The first-order valence-electron chi connectivity index (χ1n) is 11.0. The van der Waals surface area contributed by atoms with Crippen molar-refractivity contribution in [3.8, 4) is 11.1 Å². The van der Waals surface area contributed by atoms with Gasteiger partial charge in [-0.3, -0.25) is 5.32 Å². The standard InChI is InChI=1S/C26H25NO4S/c1-14-11-12-21-22(15(14)2)23(25(28)29)24(32-21)27-26(30)31-13-20-18-9-5-3-7-16(18)17-8-4-6-10-19(17)20/h3-10,14-15,20H,11-13H2,1-2H3,(H,27,30)(H,28,29). The molecule has 2 atom stereocenters. The van der Waals surface area contributed by atoms with Crippen LogP contribution in [0.3, 0.4) is 0 Å². The number of rotatable bonds is 4. The monoisotopic (exact) mass is 447 g/mol. The lowest BCUT2D eigenvalue weighted by Gasteiger charge is -2.26. The predicted molar refractivity (Wildman–Crippen MR) is 126 cm³/mol. The van der Waals surface area contributed by atoms with Gasteiger partial charge in [-0.05, 0) is 52.5 Å². The second kappa shape index (κ2) is 8.10. The van der Waals surface area contributed by atoms with Crippen molar-refractivity contribution in [1.29, 1.82) is 0 Å². The molecule has 1 aromatic heterocycles. The number of ether oxygens (including phenoxy) is 1. The topological polar surface area (TPSA) is 75.6 Å². The molecule has 6 heteroatoms. The number of amides is 1. The van der Waals surface area contributed by atoms with Gasteiger partial charge in [-0.1, -0.05) is 62.4 Å². The van der Waals surface area contributed by atoms with Gasteiger partial charge in [0.15, 0.2) is 0 Å². The van der Waals surface area contributed by atoms with Crippen molar-refractivity contribution in [2.24, 2.45) is 5.92 Å². The summed E-state index contributed by atoms with van der Waals surface area (Å²) in [6.07, 6.45) is 1.25. The Balaban J connectivity index is 1.36. The van der Waals surface area contributed by atoms with Gasteiger partial charge in [0.25, 0.3) is 0 Å². The average Bonchev–Trinajstić information content (AvgIpc) is 3.31. The molecule has 0 aliphatic heterocycles. The molecule has 3 aromatic rings. The minimum Gasteiger partial charge on any atom is -0.478 e. The number of nitrogens with one attached hydrogen (secondary N) is 1. The summed E-state index contributed by atoms with van der Waals surface area (Å²) < 4.78 is 5.62. The van der Waals surface area contributed by atoms with E-state index in [4.69, 9.17) is 4.74 Å². The molecule has 1 heterocycles. The number of hydrogen-bond acceptors (Lipinski definition) is 4. The molecule has 2 unspecified atom stereocenters. The third-order valence-electron chi connectivity index (χ3n) is 6.93. The lowest BCUT2D eigenvalue weighted by molar-refractivity contribution is 0.0696. The van der Waals surface area contributed by atoms with E-state index in [1.165, 1.54) is 22.5 Å². The number of carboxylic acid groups (broad SMARTS) is 1. The van der Waals surface area contributed by atoms with Crippen molar-refractivity contribution in [2.75, 3.05) is 11.9 Å². The van der Waals surface area contributed by atoms with E-state index in [0.717, 1.165) is 34.4 Å². The molecule has 2 aromatic carbocycles. The number of hydrogen-bond donors (Lipinski definition) is 2. The Morgan fingerprint density at radius 2 is 1.69 bits per heavy atom. The van der Waals surface area contributed by atoms with Crippen LogP contribution in [0, 0.1) is 5.92 Å². The van der Waals surface area contributed by atoms with Crippen LogP contribution in [0.2, 0.25) is 0 Å². The molecule has 2 aliphatic rings. The Morgan fingerprint density at radius 3 is 2.31 bits per heavy atom. The van der Waals surface area contributed by atoms with Crippen LogP contribution >= 0.6 is 11.3 Å². The first-order chi connectivity index (χ1) is 15.5. The van der Waals surface area contributed by atoms with Crippen LogP contribution in [0.25, 0.3) is 11.1 Å². The molecule has 2 aliphatic carbocycles. The van der Waals surface area contributed by atoms with Crippen LogP contribution in [0.5, 0.6) is 0 Å². The van der Waals surface area contributed by atoms with Gasteiger partial charge >= 0.3 is 12.1 Å². The summed E-state index contributed by atoms with van der Waals surface area (Å²) in [6, 6.07) is 16.3. The Morgan fingerprint density at radius 1 is 1.06 bits per heavy atom. The lowest BCUT2D eigenvalue weighted by atomic mass is 9.79. The minimum atomic E-state index is -1.00. The van der Waals surface area contributed by atoms with E-state index in [-0.39, 0.29) is 24.0 Å². The molecule has 0 fully saturated rings. The smallest absolute Gasteiger partial charge is 0.412 e. The summed E-state index contributed by atoms with van der Waals surface area (Å²) >= 11 is 1.37. The normalized spacial score (nSPS) is 19.1. The maximum Gasteiger partial charge on any atom is 0.412 e. The van der Waals surface area contributed by atoms with Crippen molar-refractivity contribution in [2.45, 2.75) is 38.5 Å². The lowest BCUT2D eigenvalue weighted by Crippen LogP contribution is -2.20. The highest BCUT2D eigenvalue weighted by Gasteiger charge is 2.34. The number of anilines is 1. The molecule has 5 nitrogen and oxygen atoms in total. The average molecular weight is 448 g/mol. The molecule has 32 heavy (non-hydrogen) atoms. The van der Waals surface area contributed by atoms with Crippen LogP contribution < -0.4 is 5.32 Å². The van der Waals surface area contributed by atoms with Crippen LogP contribution in [-0.4, -0.2) is 23.8 Å². The number of carboxylic acids is 1. The number of aryl methyl sites for hydroxylation is 1. The van der Waals surface area contributed by atoms with Gasteiger partial charge in [-0.2, -0.15) is 0 Å². The molecule has 5 rings (SSSR count). The Hall–Kier alpha value is -3.12. The number of carbonyl (C=O) groups excluding carboxylic acids is 1. The van der Waals surface area contributed by atoms with Crippen molar-refractivity contribution >= 4 is 28.4 Å². The minimum absolute atomic E-state index is 0.0375. The van der Waals surface area contributed by atoms with Crippen molar-refractivity contribution in [3.63, 3.8) is 0 Å². The number of fused-ring (bicyclic) bond motifs is 4. The summed E-state index contributed by atoms with van der Waals surface area (Å²) in [4.78, 5) is 25.8. The van der Waals surface area contributed by atoms with Gasteiger partial charge in [0.05, 0.1) is 5.56 Å². The fraction of sp³-hybridized carbons (Fsp3) is 0.308. The van der Waals surface area contributed by atoms with E-state index in [2.05, 4.69) is 43.4 Å². The third-order valence-corrected chi connectivity index (χ3v) is 8.11. The Labute approximate surface area is 191 Å². The van der Waals surface area contributed by atoms with Crippen LogP contribution in [0.15, 0.2) is 48.5 Å². The number of aromatic carboxylic acids is 1. The fourth-order valence-electron chi connectivity index (χ4n) is 5.08. The maximum atomic E-state index is 12.7. The zero-order chi connectivity index (χ0) is 22.4. The zero-order valence-electron chi connectivity index (χ0n) is 18.1. The van der Waals surface area contributed by atoms with Gasteiger partial charge in [-0.15, -0.1) is 11.3 Å². The predicted octanol–water partition coefficient (Wildman–Crippen LogP) is 6.49. The van der Waals surface area contributed by atoms with E-state index < -0.39 is 12.1 Å². The van der Waals surface area contributed by atoms with E-state index in [1.54, 1.807) is 0 Å². The summed E-state index contributed by atoms with van der Waals surface area (Å²) in [5.74, 6) is -0.474. The van der Waals surface area contributed by atoms with Gasteiger partial charge < -0.3 is 9.84 Å². The van der Waals surface area contributed by atoms with Crippen LogP contribution in [-0.2, 0) is 11.2 Å². The number of benzene rings is 2. The molecule has 0 radical (unpaired) electrons. The molecular weight excluding hydrogens is 422 g/mol. The maximum absolute atomic E-state index is 12.7. The quantitative estimate of drug-likeness (QED) is 0.479. The second-order valence-corrected chi connectivity index (χ2v) is 9.81. The zero-order valence-corrected chi connectivity index (χ0v) is 18.9. The van der Waals surface area contributed by atoms with Gasteiger partial charge in [0.1, 0.15) is 11.6 Å². The van der Waals surface area contributed by atoms with E-state index in [1.807, 2.05) is 24.3 Å². The molecule has 164 valence electrons. The van der Waals surface area contributed by atoms with Gasteiger partial charge in [0, 0.05) is 10.8 Å². The van der Waals surface area contributed by atoms with Crippen LogP contribution in [0.4, 0.5) is 9.80 Å². The van der Waals surface area contributed by atoms with Crippen molar-refractivity contribution < 1.29 is 19.4 Å². The third kappa shape index (κ3) is 3.39. The van der Waals surface area contributed by atoms with Gasteiger partial charge in [-0.25, -0.2) is 9.59 Å². The first-order valence-corrected chi connectivity index (χ1v) is 11.8. The molecular formula is C26H25NO4S. The van der Waals surface area contributed by atoms with Crippen molar-refractivity contribution in [1.82, 2.24) is 0 Å². The summed E-state index contributed by atoms with van der Waals surface area (Å²) in [5, 5.41) is 13.0. The van der Waals surface area contributed by atoms with Gasteiger partial charge in [0.2, 0.25) is 0 Å². The second-order valence-electron chi connectivity index (χ2n) is 8.70. The van der Waals surface area contributed by atoms with Crippen LogP contribution in [0.1, 0.15) is 64.0 Å². The summed E-state index contributed by atoms with van der Waals surface area (Å²) in [6.45, 7) is 4.41. The number of carbonyl (C=O) groups is 2. The summed E-state index contributed by atoms with van der Waals surface area (Å²) in [7, 11) is 0. The van der Waals surface area contributed by atoms with E-state index in [9.17, 15) is 14.7 Å². The molecule has 0 saturated carbocycles. The highest BCUT2D eigenvalue weighted by Crippen LogP contribution is 2.46. The summed E-state index contributed by atoms with van der Waals surface area (Å²) in [5.41, 5.74) is 5.70. The van der Waals surface area contributed by atoms with E-state index >= 15 is 0 Å². The van der Waals surface area contributed by atoms with Crippen molar-refractivity contribution in [3.05, 3.63) is 75.7 Å². The highest BCUT2D eigenvalue weighted by atomic mass is 32.1. The molecule has 0 bridgehead atoms. The first kappa shape index (κ1) is 20.8. The number of thiophene rings is 1. The van der Waals surface area contributed by atoms with E-state index in [0.29, 0.717) is 10.9 Å². The highest BCUT2D eigenvalue weighted by molar-refractivity contribution is 7.17. The SMILES string of the molecule is CC1CCc2sc(NC(=O)OCC3c4ccccc4-c4ccccc43)c(C(=O)O)c2C1C. The fourth-order valence-corrected chi connectivity index (χ4v) is 6.38. The molecule has 2 N–H and O–H groups in total. The molecule has 0 spiro atoms. The largest absolute Gasteiger partial charge is 0.478 e. The molecule has 0 saturated heterocycles.